The maximum atomic E-state index is 12.6. The highest BCUT2D eigenvalue weighted by Crippen LogP contribution is 2.14. The topological polar surface area (TPSA) is 111 Å². The molecule has 1 saturated heterocycles. The molecule has 0 aromatic carbocycles. The van der Waals surface area contributed by atoms with Crippen molar-refractivity contribution in [1.82, 2.24) is 18.9 Å². The van der Waals surface area contributed by atoms with E-state index in [1.54, 1.807) is 11.0 Å². The molecule has 1 aliphatic rings. The van der Waals surface area contributed by atoms with Crippen molar-refractivity contribution in [2.24, 2.45) is 14.1 Å². The number of piperazine rings is 1. The lowest BCUT2D eigenvalue weighted by molar-refractivity contribution is 0.0628. The third kappa shape index (κ3) is 3.58. The Labute approximate surface area is 159 Å². The van der Waals surface area contributed by atoms with Gasteiger partial charge in [0.2, 0.25) is 0 Å². The fourth-order valence-corrected chi connectivity index (χ4v) is 3.76. The number of ketones is 1. The minimum atomic E-state index is -0.688. The molecule has 0 saturated carbocycles. The number of hydrogen-bond acceptors (Lipinski definition) is 7. The number of nitrogens with zero attached hydrogens (tertiary/aromatic N) is 4. The molecule has 3 heterocycles. The number of hydrogen-bond donors (Lipinski definition) is 1. The Bertz CT molecular complexity index is 984. The van der Waals surface area contributed by atoms with E-state index in [0.717, 1.165) is 9.13 Å². The van der Waals surface area contributed by atoms with Crippen LogP contribution in [0.5, 0.6) is 0 Å². The molecular weight excluding hydrogens is 370 g/mol. The van der Waals surface area contributed by atoms with Gasteiger partial charge < -0.3 is 10.6 Å². The van der Waals surface area contributed by atoms with E-state index < -0.39 is 17.0 Å². The fourth-order valence-electron chi connectivity index (χ4n) is 3.07. The SMILES string of the molecule is Cn1c(N)c(C(=O)CN2CCN(C(=O)c3cccs3)CC2)c(=O)n(C)c1=O. The van der Waals surface area contributed by atoms with E-state index in [-0.39, 0.29) is 23.8 Å². The van der Waals surface area contributed by atoms with Gasteiger partial charge in [-0.25, -0.2) is 4.79 Å². The minimum Gasteiger partial charge on any atom is -0.384 e. The van der Waals surface area contributed by atoms with Crippen molar-refractivity contribution < 1.29 is 9.59 Å². The van der Waals surface area contributed by atoms with Gasteiger partial charge in [-0.1, -0.05) is 6.07 Å². The van der Waals surface area contributed by atoms with E-state index in [9.17, 15) is 19.2 Å². The summed E-state index contributed by atoms with van der Waals surface area (Å²) in [6.45, 7) is 2.07. The summed E-state index contributed by atoms with van der Waals surface area (Å²) in [7, 11) is 2.73. The van der Waals surface area contributed by atoms with Crippen molar-refractivity contribution in [2.75, 3.05) is 38.5 Å². The number of nitrogens with two attached hydrogens (primary N) is 1. The minimum absolute atomic E-state index is 0.00727. The van der Waals surface area contributed by atoms with Crippen molar-refractivity contribution in [1.29, 1.82) is 0 Å². The molecule has 0 unspecified atom stereocenters. The first-order valence-corrected chi connectivity index (χ1v) is 9.33. The summed E-state index contributed by atoms with van der Waals surface area (Å²) < 4.78 is 1.97. The zero-order valence-electron chi connectivity index (χ0n) is 15.2. The third-order valence-electron chi connectivity index (χ3n) is 4.75. The summed E-state index contributed by atoms with van der Waals surface area (Å²) in [6, 6.07) is 3.63. The monoisotopic (exact) mass is 391 g/mol. The smallest absolute Gasteiger partial charge is 0.332 e. The second-order valence-corrected chi connectivity index (χ2v) is 7.38. The van der Waals surface area contributed by atoms with Crippen molar-refractivity contribution in [2.45, 2.75) is 0 Å². The van der Waals surface area contributed by atoms with Gasteiger partial charge in [-0.2, -0.15) is 0 Å². The van der Waals surface area contributed by atoms with Crippen LogP contribution in [0.1, 0.15) is 20.0 Å². The molecule has 9 nitrogen and oxygen atoms in total. The van der Waals surface area contributed by atoms with E-state index in [0.29, 0.717) is 31.1 Å². The standard InChI is InChI=1S/C17H21N5O4S/c1-19-14(18)13(16(25)20(2)17(19)26)11(23)10-21-5-7-22(8-6-21)15(24)12-4-3-9-27-12/h3-4,9H,5-8,10,18H2,1-2H3. The molecule has 144 valence electrons. The van der Waals surface area contributed by atoms with Crippen LogP contribution >= 0.6 is 11.3 Å². The maximum Gasteiger partial charge on any atom is 0.332 e. The van der Waals surface area contributed by atoms with Crippen LogP contribution in [0.4, 0.5) is 5.82 Å². The van der Waals surface area contributed by atoms with Crippen molar-refractivity contribution in [3.8, 4) is 0 Å². The summed E-state index contributed by atoms with van der Waals surface area (Å²) in [5.74, 6) is -0.562. The lowest BCUT2D eigenvalue weighted by Crippen LogP contribution is -2.50. The van der Waals surface area contributed by atoms with Crippen LogP contribution in [0.15, 0.2) is 27.1 Å². The second kappa shape index (κ2) is 7.49. The Morgan fingerprint density at radius 2 is 1.78 bits per heavy atom. The van der Waals surface area contributed by atoms with Crippen LogP contribution < -0.4 is 17.0 Å². The van der Waals surface area contributed by atoms with Gasteiger partial charge in [0, 0.05) is 40.3 Å². The summed E-state index contributed by atoms with van der Waals surface area (Å²) in [5.41, 5.74) is 4.40. The molecule has 2 aromatic rings. The third-order valence-corrected chi connectivity index (χ3v) is 5.61. The Kier molecular flexibility index (Phi) is 5.29. The van der Waals surface area contributed by atoms with Gasteiger partial charge in [0.1, 0.15) is 11.4 Å². The van der Waals surface area contributed by atoms with Crippen LogP contribution in [0.3, 0.4) is 0 Å². The summed E-state index contributed by atoms with van der Waals surface area (Å²) in [5, 5.41) is 1.86. The summed E-state index contributed by atoms with van der Waals surface area (Å²) in [4.78, 5) is 53.5. The Morgan fingerprint density at radius 1 is 1.11 bits per heavy atom. The van der Waals surface area contributed by atoms with Crippen LogP contribution in [-0.4, -0.2) is 63.3 Å². The molecule has 10 heteroatoms. The predicted molar refractivity (Wildman–Crippen MR) is 102 cm³/mol. The zero-order valence-corrected chi connectivity index (χ0v) is 16.0. The molecule has 1 aliphatic heterocycles. The first-order chi connectivity index (χ1) is 12.8. The number of carbonyl (C=O) groups excluding carboxylic acids is 2. The molecule has 0 atom stereocenters. The van der Waals surface area contributed by atoms with Gasteiger partial charge >= 0.3 is 5.69 Å². The number of nitrogen functional groups attached to an aromatic ring is 1. The first kappa shape index (κ1) is 19.1. The van der Waals surface area contributed by atoms with Crippen LogP contribution in [0.2, 0.25) is 0 Å². The molecule has 0 spiro atoms. The number of anilines is 1. The molecule has 0 radical (unpaired) electrons. The summed E-state index contributed by atoms with van der Waals surface area (Å²) in [6.07, 6.45) is 0. The largest absolute Gasteiger partial charge is 0.384 e. The van der Waals surface area contributed by atoms with E-state index in [1.807, 2.05) is 16.3 Å². The van der Waals surface area contributed by atoms with E-state index in [2.05, 4.69) is 0 Å². The van der Waals surface area contributed by atoms with E-state index in [1.165, 1.54) is 25.4 Å². The maximum absolute atomic E-state index is 12.6. The lowest BCUT2D eigenvalue weighted by atomic mass is 10.1. The first-order valence-electron chi connectivity index (χ1n) is 8.45. The normalized spacial score (nSPS) is 15.1. The highest BCUT2D eigenvalue weighted by molar-refractivity contribution is 7.12. The van der Waals surface area contributed by atoms with Crippen LogP contribution in [0, 0.1) is 0 Å². The Balaban J connectivity index is 1.68. The number of amides is 1. The number of Topliss-reactive ketones (excluding diaryl/α,β-unsaturated/α-hetero) is 1. The van der Waals surface area contributed by atoms with Crippen molar-refractivity contribution in [3.63, 3.8) is 0 Å². The summed E-state index contributed by atoms with van der Waals surface area (Å²) >= 11 is 1.40. The average molecular weight is 391 g/mol. The number of aromatic nitrogens is 2. The van der Waals surface area contributed by atoms with Crippen LogP contribution in [0.25, 0.3) is 0 Å². The Morgan fingerprint density at radius 3 is 2.37 bits per heavy atom. The van der Waals surface area contributed by atoms with Gasteiger partial charge in [0.15, 0.2) is 5.78 Å². The molecule has 0 bridgehead atoms. The molecule has 2 aromatic heterocycles. The molecule has 0 aliphatic carbocycles. The fraction of sp³-hybridized carbons (Fsp3) is 0.412. The van der Waals surface area contributed by atoms with E-state index in [4.69, 9.17) is 5.73 Å². The Hall–Kier alpha value is -2.72. The lowest BCUT2D eigenvalue weighted by Gasteiger charge is -2.34. The number of rotatable bonds is 4. The molecule has 2 N–H and O–H groups in total. The highest BCUT2D eigenvalue weighted by atomic mass is 32.1. The van der Waals surface area contributed by atoms with Gasteiger partial charge in [-0.05, 0) is 11.4 Å². The van der Waals surface area contributed by atoms with E-state index >= 15 is 0 Å². The number of thiophene rings is 1. The zero-order chi connectivity index (χ0) is 19.7. The number of carbonyl (C=O) groups is 2. The second-order valence-electron chi connectivity index (χ2n) is 6.43. The highest BCUT2D eigenvalue weighted by Gasteiger charge is 2.26. The van der Waals surface area contributed by atoms with Crippen molar-refractivity contribution >= 4 is 28.8 Å². The van der Waals surface area contributed by atoms with Gasteiger partial charge in [0.05, 0.1) is 11.4 Å². The molecule has 1 amide bonds. The quantitative estimate of drug-likeness (QED) is 0.695. The molecular formula is C17H21N5O4S. The molecule has 1 fully saturated rings. The predicted octanol–water partition coefficient (Wildman–Crippen LogP) is -0.632. The molecule has 3 rings (SSSR count). The average Bonchev–Trinajstić information content (AvgIpc) is 3.20. The van der Waals surface area contributed by atoms with Crippen LogP contribution in [-0.2, 0) is 14.1 Å². The van der Waals surface area contributed by atoms with Gasteiger partial charge in [-0.3, -0.25) is 28.4 Å². The van der Waals surface area contributed by atoms with Gasteiger partial charge in [-0.15, -0.1) is 11.3 Å². The van der Waals surface area contributed by atoms with Gasteiger partial charge in [0.25, 0.3) is 11.5 Å². The van der Waals surface area contributed by atoms with Crippen molar-refractivity contribution in [3.05, 3.63) is 48.8 Å². The molecule has 27 heavy (non-hydrogen) atoms.